The summed E-state index contributed by atoms with van der Waals surface area (Å²) in [5.74, 6) is 0. The molecule has 1 heterocycles. The van der Waals surface area contributed by atoms with Gasteiger partial charge in [-0.05, 0) is 0 Å². The van der Waals surface area contributed by atoms with E-state index < -0.39 is 29.4 Å². The van der Waals surface area contributed by atoms with E-state index in [0.717, 1.165) is 0 Å². The van der Waals surface area contributed by atoms with E-state index in [1.54, 1.807) is 0 Å². The summed E-state index contributed by atoms with van der Waals surface area (Å²) in [7, 11) is 0. The summed E-state index contributed by atoms with van der Waals surface area (Å²) in [6.45, 7) is -0.368. The second-order valence-corrected chi connectivity index (χ2v) is 3.62. The minimum atomic E-state index is -1.19. The van der Waals surface area contributed by atoms with E-state index in [0.29, 0.717) is 0 Å². The van der Waals surface area contributed by atoms with Gasteiger partial charge in [0.2, 0.25) is 0 Å². The molecule has 1 aliphatic heterocycles. The van der Waals surface area contributed by atoms with Crippen LogP contribution in [0.5, 0.6) is 0 Å². The van der Waals surface area contributed by atoms with Gasteiger partial charge >= 0.3 is 0 Å². The summed E-state index contributed by atoms with van der Waals surface area (Å²) in [6.07, 6.45) is -3.18. The van der Waals surface area contributed by atoms with Gasteiger partial charge in [0.05, 0.1) is 17.7 Å². The number of ether oxygens (including phenoxy) is 1. The molecule has 0 spiro atoms. The van der Waals surface area contributed by atoms with E-state index in [1.165, 1.54) is 0 Å². The summed E-state index contributed by atoms with van der Waals surface area (Å²) in [6, 6.07) is -0.928. The quantitative estimate of drug-likeness (QED) is 0.302. The van der Waals surface area contributed by atoms with E-state index in [1.807, 2.05) is 0 Å². The minimum Gasteiger partial charge on any atom is -0.670 e. The molecule has 1 unspecified atom stereocenters. The Morgan fingerprint density at radius 1 is 1.06 bits per heavy atom. The average Bonchev–Trinajstić information content (AvgIpc) is 2.08. The molecular weight excluding hydrogens is 1140 g/mol. The van der Waals surface area contributed by atoms with Crippen LogP contribution in [0.2, 0.25) is 0 Å². The first-order valence-electron chi connectivity index (χ1n) is 3.55. The Bertz CT molecular complexity index is 167. The van der Waals surface area contributed by atoms with Gasteiger partial charge in [-0.2, -0.15) is 0 Å². The Morgan fingerprint density at radius 2 is 1.50 bits per heavy atom. The molecule has 5 nitrogen and oxygen atoms in total. The molecule has 0 aromatic heterocycles. The molecule has 0 aliphatic carbocycles. The Morgan fingerprint density at radius 3 is 1.88 bits per heavy atom. The molecule has 0 amide bonds. The molecule has 1 rings (SSSR count). The summed E-state index contributed by atoms with van der Waals surface area (Å²) < 4.78 is 5.00. The molecule has 1 saturated heterocycles. The number of aliphatic hydroxyl groups is 3. The van der Waals surface area contributed by atoms with Crippen LogP contribution in [0.4, 0.5) is 0 Å². The van der Waals surface area contributed by atoms with Gasteiger partial charge in [0.25, 0.3) is 0 Å². The van der Waals surface area contributed by atoms with Crippen LogP contribution in [-0.2, 0) is 4.74 Å². The number of hydrogen-bond acceptors (Lipinski definition) is 4. The first-order chi connectivity index (χ1) is 5.57. The number of rotatable bonds is 1. The molecule has 10 heteroatoms. The first-order valence-corrected chi connectivity index (χ1v) is 4.47. The van der Waals surface area contributed by atoms with Gasteiger partial charge < -0.3 is 25.8 Å². The van der Waals surface area contributed by atoms with Crippen LogP contribution in [0.1, 0.15) is 0 Å². The zero-order valence-corrected chi connectivity index (χ0v) is 29.1. The monoisotopic (exact) mass is 1150 g/mol. The van der Waals surface area contributed by atoms with E-state index in [4.69, 9.17) is 15.6 Å². The maximum Gasteiger partial charge on any atom is 0.110 e. The topological polar surface area (TPSA) is 93.7 Å². The maximum absolute atomic E-state index is 9.26. The SMILES string of the molecule is [Ac].[Ac].[Ac].[Ac].[NH-][C@H]1C(Br)O[C@H](CO)[C@@H](O)[C@@H]1O. The number of aliphatic hydroxyl groups excluding tert-OH is 3. The average molecular weight is 1150 g/mol. The fraction of sp³-hybridized carbons (Fsp3) is 1.00. The van der Waals surface area contributed by atoms with Gasteiger partial charge in [-0.25, -0.2) is 0 Å². The third kappa shape index (κ3) is 9.24. The Hall–Kier alpha value is 6.05. The van der Waals surface area contributed by atoms with Gasteiger partial charge in [0, 0.05) is 176 Å². The van der Waals surface area contributed by atoms with E-state index in [9.17, 15) is 10.2 Å². The molecule has 0 aromatic carbocycles. The molecule has 1 aliphatic rings. The van der Waals surface area contributed by atoms with E-state index in [-0.39, 0.29) is 183 Å². The van der Waals surface area contributed by atoms with Crippen molar-refractivity contribution in [1.29, 1.82) is 0 Å². The predicted octanol–water partition coefficient (Wildman–Crippen LogP) is -0.759. The van der Waals surface area contributed by atoms with Gasteiger partial charge in [-0.3, -0.25) is 0 Å². The van der Waals surface area contributed by atoms with Crippen molar-refractivity contribution in [2.24, 2.45) is 0 Å². The van der Waals surface area contributed by atoms with E-state index >= 15 is 0 Å². The molecule has 16 heavy (non-hydrogen) atoms. The van der Waals surface area contributed by atoms with Crippen LogP contribution < -0.4 is 0 Å². The molecule has 0 saturated carbocycles. The summed E-state index contributed by atoms with van der Waals surface area (Å²) >= 11 is 3.01. The van der Waals surface area contributed by atoms with Gasteiger partial charge in [0.15, 0.2) is 0 Å². The molecule has 4 radical (unpaired) electrons. The molecule has 1 fully saturated rings. The normalized spacial score (nSPS) is 36.9. The largest absolute Gasteiger partial charge is 0.670 e. The van der Waals surface area contributed by atoms with Crippen LogP contribution in [0.25, 0.3) is 5.73 Å². The van der Waals surface area contributed by atoms with Crippen molar-refractivity contribution in [3.05, 3.63) is 5.73 Å². The van der Waals surface area contributed by atoms with Gasteiger partial charge in [-0.15, -0.1) is 0 Å². The summed E-state index contributed by atoms with van der Waals surface area (Å²) in [5, 5.41) is 26.6. The van der Waals surface area contributed by atoms with Crippen molar-refractivity contribution in [2.45, 2.75) is 29.4 Å². The van der Waals surface area contributed by atoms with Crippen LogP contribution >= 0.6 is 15.9 Å². The second kappa shape index (κ2) is 15.9. The van der Waals surface area contributed by atoms with Gasteiger partial charge in [0.1, 0.15) is 12.2 Å². The molecule has 0 bridgehead atoms. The molecule has 5 atom stereocenters. The fourth-order valence-corrected chi connectivity index (χ4v) is 1.66. The minimum absolute atomic E-state index is 0. The zero-order valence-electron chi connectivity index (χ0n) is 8.53. The third-order valence-electron chi connectivity index (χ3n) is 1.87. The second-order valence-electron chi connectivity index (χ2n) is 2.72. The number of alkyl halides is 1. The van der Waals surface area contributed by atoms with Crippen molar-refractivity contribution >= 4 is 15.9 Å². The number of halogens is 1. The molecule has 4 N–H and O–H groups in total. The predicted molar refractivity (Wildman–Crippen MR) is 44.8 cm³/mol. The third-order valence-corrected chi connectivity index (χ3v) is 2.65. The van der Waals surface area contributed by atoms with Gasteiger partial charge in [-0.1, -0.05) is 22.0 Å². The van der Waals surface area contributed by atoms with Crippen LogP contribution in [-0.4, -0.2) is 51.3 Å². The molecule has 84 valence electrons. The Kier molecular flexibility index (Phi) is 29.8. The van der Waals surface area contributed by atoms with Crippen molar-refractivity contribution in [2.75, 3.05) is 6.61 Å². The number of nitrogens with one attached hydrogen (secondary N) is 1. The van der Waals surface area contributed by atoms with Crippen LogP contribution in [0.15, 0.2) is 0 Å². The molecular formula is C6H11Ac4BrNO4-. The van der Waals surface area contributed by atoms with Crippen LogP contribution in [0.3, 0.4) is 0 Å². The fourth-order valence-electron chi connectivity index (χ4n) is 1.07. The zero-order chi connectivity index (χ0) is 9.30. The standard InChI is InChI=1S/C6H11BrNO4.4Ac/c7-6-3(8)5(11)4(10)2(1-9)12-6;;;;/h2-6,8-11H,1H2;;;;/q-1;;;;/t2-,3-,4-,5-,6?;;;;/m1..../s1. The smallest absolute Gasteiger partial charge is 0.110 e. The first kappa shape index (κ1) is 30.0. The Balaban J connectivity index is -0.000000180. The van der Waals surface area contributed by atoms with Crippen molar-refractivity contribution in [3.63, 3.8) is 0 Å². The molecule has 0 aromatic rings. The van der Waals surface area contributed by atoms with E-state index in [2.05, 4.69) is 15.9 Å². The summed E-state index contributed by atoms with van der Waals surface area (Å²) in [5.41, 5.74) is 7.32. The van der Waals surface area contributed by atoms with Crippen LogP contribution in [0, 0.1) is 176 Å². The van der Waals surface area contributed by atoms with Crippen molar-refractivity contribution in [3.8, 4) is 0 Å². The number of hydrogen-bond donors (Lipinski definition) is 3. The summed E-state index contributed by atoms with van der Waals surface area (Å²) in [4.78, 5) is 0. The Labute approximate surface area is 246 Å². The van der Waals surface area contributed by atoms with Crippen molar-refractivity contribution < 1.29 is 196 Å². The van der Waals surface area contributed by atoms with Crippen molar-refractivity contribution in [1.82, 2.24) is 0 Å². The maximum atomic E-state index is 9.26.